The van der Waals surface area contributed by atoms with E-state index in [-0.39, 0.29) is 0 Å². The molecule has 1 aliphatic rings. The number of hydrogen-bond acceptors (Lipinski definition) is 3. The molecule has 0 bridgehead atoms. The first-order chi connectivity index (χ1) is 4.33. The van der Waals surface area contributed by atoms with Crippen molar-refractivity contribution >= 4 is 17.4 Å². The topological polar surface area (TPSA) is 24.3 Å². The van der Waals surface area contributed by atoms with Gasteiger partial charge in [-0.25, -0.2) is 5.01 Å². The number of hydrazine groups is 1. The molecule has 0 aromatic carbocycles. The molecule has 52 valence electrons. The van der Waals surface area contributed by atoms with Crippen LogP contribution in [0.25, 0.3) is 0 Å². The van der Waals surface area contributed by atoms with E-state index in [4.69, 9.17) is 17.0 Å². The van der Waals surface area contributed by atoms with Crippen LogP contribution in [0.3, 0.4) is 0 Å². The quantitative estimate of drug-likeness (QED) is 0.442. The molecule has 0 spiro atoms. The van der Waals surface area contributed by atoms with Gasteiger partial charge in [0, 0.05) is 13.1 Å². The third-order valence-electron chi connectivity index (χ3n) is 0.972. The number of hydrogen-bond donors (Lipinski definition) is 1. The number of thiocarbonyl (C=S) groups is 1. The maximum absolute atomic E-state index is 4.97. The van der Waals surface area contributed by atoms with E-state index in [9.17, 15) is 0 Å². The van der Waals surface area contributed by atoms with Crippen LogP contribution in [0.2, 0.25) is 0 Å². The summed E-state index contributed by atoms with van der Waals surface area (Å²) in [6.45, 7) is 4.70. The van der Waals surface area contributed by atoms with Crippen molar-refractivity contribution in [3.63, 3.8) is 0 Å². The summed E-state index contributed by atoms with van der Waals surface area (Å²) in [6.07, 6.45) is 0. The average molecular weight is 146 g/mol. The summed E-state index contributed by atoms with van der Waals surface area (Å²) < 4.78 is 4.97. The van der Waals surface area contributed by atoms with Crippen molar-refractivity contribution in [2.75, 3.05) is 19.7 Å². The van der Waals surface area contributed by atoms with Gasteiger partial charge in [0.2, 0.25) is 0 Å². The molecule has 1 aliphatic heterocycles. The summed E-state index contributed by atoms with van der Waals surface area (Å²) in [5, 5.41) is 2.47. The molecular formula is C5H10N2OS. The first-order valence-corrected chi connectivity index (χ1v) is 3.42. The molecule has 0 aromatic rings. The summed E-state index contributed by atoms with van der Waals surface area (Å²) in [5.41, 5.74) is 2.90. The summed E-state index contributed by atoms with van der Waals surface area (Å²) >= 11 is 4.79. The van der Waals surface area contributed by atoms with Crippen molar-refractivity contribution < 1.29 is 4.74 Å². The zero-order chi connectivity index (χ0) is 6.69. The van der Waals surface area contributed by atoms with Gasteiger partial charge in [-0.05, 0) is 19.1 Å². The van der Waals surface area contributed by atoms with Crippen LogP contribution in [0.15, 0.2) is 0 Å². The second-order valence-corrected chi connectivity index (χ2v) is 2.19. The lowest BCUT2D eigenvalue weighted by molar-refractivity contribution is 0.297. The van der Waals surface area contributed by atoms with Gasteiger partial charge in [-0.2, -0.15) is 0 Å². The molecule has 0 unspecified atom stereocenters. The predicted molar refractivity (Wildman–Crippen MR) is 38.9 cm³/mol. The van der Waals surface area contributed by atoms with Gasteiger partial charge >= 0.3 is 0 Å². The lowest BCUT2D eigenvalue weighted by Gasteiger charge is -2.06. The van der Waals surface area contributed by atoms with Gasteiger partial charge in [0.1, 0.15) is 0 Å². The van der Waals surface area contributed by atoms with E-state index in [1.165, 1.54) is 0 Å². The van der Waals surface area contributed by atoms with Crippen molar-refractivity contribution in [3.05, 3.63) is 0 Å². The lowest BCUT2D eigenvalue weighted by atomic mass is 10.9. The second kappa shape index (κ2) is 2.98. The number of nitrogens with zero attached hydrogens (tertiary/aromatic N) is 1. The minimum atomic E-state index is 0.481. The van der Waals surface area contributed by atoms with Gasteiger partial charge in [0.05, 0.1) is 6.61 Å². The van der Waals surface area contributed by atoms with Gasteiger partial charge in [-0.15, -0.1) is 0 Å². The van der Waals surface area contributed by atoms with Crippen LogP contribution in [0.1, 0.15) is 6.92 Å². The molecule has 1 rings (SSSR count). The lowest BCUT2D eigenvalue weighted by Crippen LogP contribution is -2.29. The van der Waals surface area contributed by atoms with Crippen LogP contribution < -0.4 is 5.43 Å². The van der Waals surface area contributed by atoms with Crippen molar-refractivity contribution in [2.45, 2.75) is 6.92 Å². The molecule has 1 saturated heterocycles. The van der Waals surface area contributed by atoms with Crippen molar-refractivity contribution in [2.24, 2.45) is 0 Å². The minimum absolute atomic E-state index is 0.481. The fraction of sp³-hybridized carbons (Fsp3) is 0.800. The minimum Gasteiger partial charge on any atom is -0.470 e. The molecule has 1 N–H and O–H groups in total. The number of ether oxygens (including phenoxy) is 1. The molecule has 0 aliphatic carbocycles. The monoisotopic (exact) mass is 146 g/mol. The Kier molecular flexibility index (Phi) is 2.24. The Morgan fingerprint density at radius 1 is 1.78 bits per heavy atom. The highest BCUT2D eigenvalue weighted by atomic mass is 32.1. The molecule has 1 fully saturated rings. The van der Waals surface area contributed by atoms with Crippen LogP contribution in [0.4, 0.5) is 0 Å². The van der Waals surface area contributed by atoms with Gasteiger partial charge < -0.3 is 4.74 Å². The maximum Gasteiger partial charge on any atom is 0.271 e. The molecule has 0 saturated carbocycles. The van der Waals surface area contributed by atoms with Crippen LogP contribution in [0.5, 0.6) is 0 Å². The van der Waals surface area contributed by atoms with E-state index in [2.05, 4.69) is 5.43 Å². The Morgan fingerprint density at radius 2 is 2.44 bits per heavy atom. The first kappa shape index (κ1) is 6.77. The van der Waals surface area contributed by atoms with E-state index in [0.29, 0.717) is 11.8 Å². The Bertz CT molecular complexity index is 114. The second-order valence-electron chi connectivity index (χ2n) is 1.82. The van der Waals surface area contributed by atoms with Crippen molar-refractivity contribution in [1.82, 2.24) is 10.4 Å². The summed E-state index contributed by atoms with van der Waals surface area (Å²) in [5.74, 6) is 0. The Hall–Kier alpha value is -0.350. The zero-order valence-electron chi connectivity index (χ0n) is 5.39. The highest BCUT2D eigenvalue weighted by Gasteiger charge is 2.17. The molecule has 1 heterocycles. The molecule has 0 atom stereocenters. The summed E-state index contributed by atoms with van der Waals surface area (Å²) in [7, 11) is 0. The Morgan fingerprint density at radius 3 is 2.89 bits per heavy atom. The summed E-state index contributed by atoms with van der Waals surface area (Å²) in [4.78, 5) is 0. The number of nitrogens with one attached hydrogen (secondary N) is 1. The third-order valence-corrected chi connectivity index (χ3v) is 1.18. The zero-order valence-corrected chi connectivity index (χ0v) is 6.20. The molecule has 0 amide bonds. The van der Waals surface area contributed by atoms with E-state index < -0.39 is 0 Å². The van der Waals surface area contributed by atoms with E-state index in [0.717, 1.165) is 13.1 Å². The SMILES string of the molecule is CCOC(=S)NN1CC1. The normalized spacial score (nSPS) is 17.0. The Balaban J connectivity index is 2.02. The molecule has 3 nitrogen and oxygen atoms in total. The predicted octanol–water partition coefficient (Wildman–Crippen LogP) is 0.128. The standard InChI is InChI=1S/C5H10N2OS/c1-2-8-5(9)6-7-3-4-7/h2-4H2,1H3,(H,6,9). The van der Waals surface area contributed by atoms with E-state index in [1.807, 2.05) is 11.9 Å². The highest BCUT2D eigenvalue weighted by Crippen LogP contribution is 1.96. The van der Waals surface area contributed by atoms with Crippen LogP contribution >= 0.6 is 12.2 Å². The molecule has 0 aromatic heterocycles. The molecule has 0 radical (unpaired) electrons. The largest absolute Gasteiger partial charge is 0.470 e. The molecule has 4 heteroatoms. The highest BCUT2D eigenvalue weighted by molar-refractivity contribution is 7.80. The third kappa shape index (κ3) is 2.62. The Labute approximate surface area is 59.9 Å². The molecular weight excluding hydrogens is 136 g/mol. The van der Waals surface area contributed by atoms with Crippen molar-refractivity contribution in [1.29, 1.82) is 0 Å². The average Bonchev–Trinajstić information content (AvgIpc) is 2.50. The molecule has 9 heavy (non-hydrogen) atoms. The van der Waals surface area contributed by atoms with Gasteiger partial charge in [-0.1, -0.05) is 0 Å². The van der Waals surface area contributed by atoms with Crippen LogP contribution in [0, 0.1) is 0 Å². The fourth-order valence-electron chi connectivity index (χ4n) is 0.454. The maximum atomic E-state index is 4.97. The van der Waals surface area contributed by atoms with E-state index >= 15 is 0 Å². The van der Waals surface area contributed by atoms with Gasteiger partial charge in [-0.3, -0.25) is 5.43 Å². The van der Waals surface area contributed by atoms with Gasteiger partial charge in [0.25, 0.3) is 5.17 Å². The number of rotatable bonds is 2. The first-order valence-electron chi connectivity index (χ1n) is 3.01. The fourth-order valence-corrected chi connectivity index (χ4v) is 0.701. The van der Waals surface area contributed by atoms with Crippen molar-refractivity contribution in [3.8, 4) is 0 Å². The van der Waals surface area contributed by atoms with Gasteiger partial charge in [0.15, 0.2) is 0 Å². The van der Waals surface area contributed by atoms with E-state index in [1.54, 1.807) is 0 Å². The summed E-state index contributed by atoms with van der Waals surface area (Å²) in [6, 6.07) is 0. The van der Waals surface area contributed by atoms with Crippen LogP contribution in [-0.4, -0.2) is 29.9 Å². The smallest absolute Gasteiger partial charge is 0.271 e. The van der Waals surface area contributed by atoms with Crippen LogP contribution in [-0.2, 0) is 4.74 Å².